The Bertz CT molecular complexity index is 857. The van der Waals surface area contributed by atoms with Crippen LogP contribution in [-0.4, -0.2) is 23.0 Å². The highest BCUT2D eigenvalue weighted by molar-refractivity contribution is 6.31. The fraction of sp³-hybridized carbons (Fsp3) is 0.105. The van der Waals surface area contributed by atoms with E-state index in [4.69, 9.17) is 21.1 Å². The van der Waals surface area contributed by atoms with Crippen LogP contribution in [0.15, 0.2) is 67.3 Å². The molecule has 0 aliphatic carbocycles. The third-order valence-electron chi connectivity index (χ3n) is 3.58. The molecule has 0 bridgehead atoms. The average Bonchev–Trinajstić information content (AvgIpc) is 2.67. The van der Waals surface area contributed by atoms with Crippen molar-refractivity contribution in [2.24, 2.45) is 0 Å². The maximum Gasteiger partial charge on any atom is 0.351 e. The van der Waals surface area contributed by atoms with Gasteiger partial charge in [-0.3, -0.25) is 0 Å². The third-order valence-corrected chi connectivity index (χ3v) is 3.81. The first-order valence-corrected chi connectivity index (χ1v) is 7.91. The number of methoxy groups -OCH3 is 1. The van der Waals surface area contributed by atoms with Gasteiger partial charge in [-0.1, -0.05) is 41.9 Å². The van der Waals surface area contributed by atoms with Crippen molar-refractivity contribution >= 4 is 17.6 Å². The Labute approximate surface area is 150 Å². The van der Waals surface area contributed by atoms with Crippen LogP contribution in [0.2, 0.25) is 5.02 Å². The van der Waals surface area contributed by atoms with Crippen molar-refractivity contribution in [2.45, 2.75) is 6.10 Å². The lowest BCUT2D eigenvalue weighted by Gasteiger charge is -2.19. The monoisotopic (exact) mass is 354 g/mol. The molecule has 0 amide bonds. The number of esters is 1. The molecule has 0 saturated carbocycles. The van der Waals surface area contributed by atoms with Crippen LogP contribution in [0, 0.1) is 0 Å². The normalized spacial score (nSPS) is 11.6. The number of carbonyl (C=O) groups excluding carboxylic acids is 1. The predicted molar refractivity (Wildman–Crippen MR) is 94.3 cm³/mol. The molecule has 0 N–H and O–H groups in total. The lowest BCUT2D eigenvalue weighted by Crippen LogP contribution is -2.20. The van der Waals surface area contributed by atoms with E-state index in [1.165, 1.54) is 13.4 Å². The van der Waals surface area contributed by atoms with Crippen LogP contribution in [0.1, 0.15) is 11.7 Å². The molecule has 3 aromatic rings. The van der Waals surface area contributed by atoms with Crippen molar-refractivity contribution in [1.29, 1.82) is 0 Å². The quantitative estimate of drug-likeness (QED) is 0.646. The molecule has 1 unspecified atom stereocenters. The Hall–Kier alpha value is -2.92. The zero-order valence-corrected chi connectivity index (χ0v) is 14.2. The van der Waals surface area contributed by atoms with Gasteiger partial charge < -0.3 is 9.47 Å². The number of nitrogens with zero attached hydrogens (tertiary/aromatic N) is 2. The summed E-state index contributed by atoms with van der Waals surface area (Å²) < 4.78 is 10.9. The average molecular weight is 355 g/mol. The van der Waals surface area contributed by atoms with Crippen LogP contribution < -0.4 is 4.74 Å². The maximum atomic E-state index is 12.2. The molecule has 126 valence electrons. The Morgan fingerprint density at radius 3 is 2.48 bits per heavy atom. The maximum absolute atomic E-state index is 12.2. The number of rotatable bonds is 5. The molecule has 0 spiro atoms. The van der Waals surface area contributed by atoms with Crippen LogP contribution >= 0.6 is 11.6 Å². The van der Waals surface area contributed by atoms with E-state index in [2.05, 4.69) is 9.97 Å². The summed E-state index contributed by atoms with van der Waals surface area (Å²) in [5.41, 5.74) is 2.12. The van der Waals surface area contributed by atoms with Crippen molar-refractivity contribution in [1.82, 2.24) is 9.97 Å². The van der Waals surface area contributed by atoms with Crippen LogP contribution in [-0.2, 0) is 9.53 Å². The molecule has 6 heteroatoms. The highest BCUT2D eigenvalue weighted by atomic mass is 35.5. The van der Waals surface area contributed by atoms with Crippen LogP contribution in [0.25, 0.3) is 11.1 Å². The molecule has 0 fully saturated rings. The van der Waals surface area contributed by atoms with Gasteiger partial charge in [-0.15, -0.1) is 0 Å². The number of hydrogen-bond donors (Lipinski definition) is 0. The highest BCUT2D eigenvalue weighted by Crippen LogP contribution is 2.35. The van der Waals surface area contributed by atoms with Gasteiger partial charge in [0.25, 0.3) is 0 Å². The van der Waals surface area contributed by atoms with Crippen LogP contribution in [0.4, 0.5) is 0 Å². The molecule has 0 saturated heterocycles. The van der Waals surface area contributed by atoms with Gasteiger partial charge in [-0.25, -0.2) is 14.8 Å². The molecule has 5 nitrogen and oxygen atoms in total. The van der Waals surface area contributed by atoms with Crippen molar-refractivity contribution in [2.75, 3.05) is 7.11 Å². The Morgan fingerprint density at radius 1 is 1.08 bits per heavy atom. The molecular weight excluding hydrogens is 340 g/mol. The summed E-state index contributed by atoms with van der Waals surface area (Å²) in [5.74, 6) is -0.00475. The number of hydrogen-bond acceptors (Lipinski definition) is 5. The molecular formula is C19H15ClN2O3. The molecule has 1 atom stereocenters. The second-order valence-corrected chi connectivity index (χ2v) is 5.64. The van der Waals surface area contributed by atoms with Crippen molar-refractivity contribution in [3.8, 4) is 16.9 Å². The summed E-state index contributed by atoms with van der Waals surface area (Å²) in [5, 5.41) is 0.542. The van der Waals surface area contributed by atoms with Crippen molar-refractivity contribution in [3.05, 3.63) is 77.8 Å². The molecule has 0 aliphatic rings. The number of halogens is 1. The standard InChI is InChI=1S/C19H15ClN2O3/c1-24-19(23)18(13-5-3-2-4-6-13)25-17-8-7-15(20)9-16(17)14-10-21-12-22-11-14/h2-12,18H,1H3. The van der Waals surface area contributed by atoms with Gasteiger partial charge in [0.05, 0.1) is 7.11 Å². The molecule has 1 heterocycles. The van der Waals surface area contributed by atoms with Gasteiger partial charge >= 0.3 is 5.97 Å². The Balaban J connectivity index is 2.02. The first-order chi connectivity index (χ1) is 12.2. The van der Waals surface area contributed by atoms with Gasteiger partial charge in [0.1, 0.15) is 12.1 Å². The molecule has 3 rings (SSSR count). The minimum Gasteiger partial charge on any atom is -0.473 e. The lowest BCUT2D eigenvalue weighted by molar-refractivity contribution is -0.149. The topological polar surface area (TPSA) is 61.3 Å². The van der Waals surface area contributed by atoms with Gasteiger partial charge in [0.2, 0.25) is 6.10 Å². The van der Waals surface area contributed by atoms with E-state index in [0.717, 1.165) is 5.56 Å². The summed E-state index contributed by atoms with van der Waals surface area (Å²) in [6.07, 6.45) is 3.86. The molecule has 0 radical (unpaired) electrons. The summed E-state index contributed by atoms with van der Waals surface area (Å²) >= 11 is 6.12. The summed E-state index contributed by atoms with van der Waals surface area (Å²) in [7, 11) is 1.33. The van der Waals surface area contributed by atoms with Crippen molar-refractivity contribution in [3.63, 3.8) is 0 Å². The largest absolute Gasteiger partial charge is 0.473 e. The number of aromatic nitrogens is 2. The zero-order chi connectivity index (χ0) is 17.6. The Morgan fingerprint density at radius 2 is 1.80 bits per heavy atom. The molecule has 0 aliphatic heterocycles. The minimum absolute atomic E-state index is 0.485. The van der Waals surface area contributed by atoms with Crippen LogP contribution in [0.5, 0.6) is 5.75 Å². The minimum atomic E-state index is -0.893. The molecule has 1 aromatic heterocycles. The molecule has 25 heavy (non-hydrogen) atoms. The summed E-state index contributed by atoms with van der Waals surface area (Å²) in [6.45, 7) is 0. The number of ether oxygens (including phenoxy) is 2. The summed E-state index contributed by atoms with van der Waals surface area (Å²) in [6, 6.07) is 14.3. The van der Waals surface area contributed by atoms with Crippen molar-refractivity contribution < 1.29 is 14.3 Å². The second kappa shape index (κ2) is 7.77. The fourth-order valence-electron chi connectivity index (χ4n) is 2.38. The third kappa shape index (κ3) is 3.95. The van der Waals surface area contributed by atoms with Gasteiger partial charge in [0.15, 0.2) is 0 Å². The number of benzene rings is 2. The lowest BCUT2D eigenvalue weighted by atomic mass is 10.1. The van der Waals surface area contributed by atoms with E-state index in [9.17, 15) is 4.79 Å². The SMILES string of the molecule is COC(=O)C(Oc1ccc(Cl)cc1-c1cncnc1)c1ccccc1. The first kappa shape index (κ1) is 16.9. The van der Waals surface area contributed by atoms with E-state index in [1.807, 2.05) is 30.3 Å². The highest BCUT2D eigenvalue weighted by Gasteiger charge is 2.24. The smallest absolute Gasteiger partial charge is 0.351 e. The zero-order valence-electron chi connectivity index (χ0n) is 13.4. The predicted octanol–water partition coefficient (Wildman–Crippen LogP) is 4.09. The van der Waals surface area contributed by atoms with Gasteiger partial charge in [0, 0.05) is 34.1 Å². The van der Waals surface area contributed by atoms with E-state index in [0.29, 0.717) is 21.9 Å². The van der Waals surface area contributed by atoms with E-state index in [1.54, 1.807) is 30.6 Å². The first-order valence-electron chi connectivity index (χ1n) is 7.53. The second-order valence-electron chi connectivity index (χ2n) is 5.20. The van der Waals surface area contributed by atoms with E-state index in [-0.39, 0.29) is 0 Å². The Kier molecular flexibility index (Phi) is 5.26. The number of carbonyl (C=O) groups is 1. The molecule has 2 aromatic carbocycles. The van der Waals surface area contributed by atoms with Crippen LogP contribution in [0.3, 0.4) is 0 Å². The summed E-state index contributed by atoms with van der Waals surface area (Å²) in [4.78, 5) is 20.3. The van der Waals surface area contributed by atoms with Gasteiger partial charge in [-0.05, 0) is 18.2 Å². The van der Waals surface area contributed by atoms with Gasteiger partial charge in [-0.2, -0.15) is 0 Å². The van der Waals surface area contributed by atoms with E-state index >= 15 is 0 Å². The van der Waals surface area contributed by atoms with E-state index < -0.39 is 12.1 Å². The fourth-order valence-corrected chi connectivity index (χ4v) is 2.55.